The van der Waals surface area contributed by atoms with Crippen molar-refractivity contribution in [1.82, 2.24) is 9.80 Å². The van der Waals surface area contributed by atoms with Gasteiger partial charge in [0.05, 0.1) is 19.6 Å². The average Bonchev–Trinajstić information content (AvgIpc) is 3.99. The predicted molar refractivity (Wildman–Crippen MR) is 210 cm³/mol. The molecule has 2 aliphatic rings. The van der Waals surface area contributed by atoms with Gasteiger partial charge in [0.1, 0.15) is 0 Å². The van der Waals surface area contributed by atoms with Crippen molar-refractivity contribution >= 4 is 29.3 Å². The number of para-hydroxylation sites is 2. The number of piperidine rings is 2. The van der Waals surface area contributed by atoms with E-state index in [0.29, 0.717) is 43.6 Å². The molecule has 0 N–H and O–H groups in total. The maximum atomic E-state index is 13.1. The molecule has 2 saturated heterocycles. The number of hydrogen-bond donors (Lipinski definition) is 0. The number of methoxy groups -OCH3 is 1. The number of ether oxygens (including phenoxy) is 1. The molecule has 0 bridgehead atoms. The topological polar surface area (TPSA) is 99.7 Å². The Bertz CT molecular complexity index is 1850. The van der Waals surface area contributed by atoms with Crippen LogP contribution in [0.1, 0.15) is 52.4 Å². The third kappa shape index (κ3) is 10.5. The van der Waals surface area contributed by atoms with Crippen LogP contribution >= 0.6 is 0 Å². The lowest BCUT2D eigenvalue weighted by atomic mass is 9.96. The molecule has 54 heavy (non-hydrogen) atoms. The average molecular weight is 731 g/mol. The minimum absolute atomic E-state index is 0.0670. The van der Waals surface area contributed by atoms with E-state index in [2.05, 4.69) is 35.2 Å². The third-order valence-electron chi connectivity index (χ3n) is 10.1. The molecule has 3 amide bonds. The third-order valence-corrected chi connectivity index (χ3v) is 10.1. The fourth-order valence-corrected chi connectivity index (χ4v) is 7.35. The highest BCUT2D eigenvalue weighted by Gasteiger charge is 2.30. The Kier molecular flexibility index (Phi) is 13.7. The number of anilines is 2. The van der Waals surface area contributed by atoms with Crippen LogP contribution in [0.3, 0.4) is 0 Å². The second-order valence-electron chi connectivity index (χ2n) is 13.9. The van der Waals surface area contributed by atoms with E-state index in [1.807, 2.05) is 65.6 Å². The standard InChI is InChI=1S/C25H28N2O2.C19H22N2O4/c28-25(24-14-8-18-29-24)27(23-12-5-2-6-13-23)20-22-11-7-16-26(19-22)17-15-21-9-3-1-4-10-21;1-24-19(23)20-11-5-7-15(13-20)14-21(16-8-3-2-4-9-16)18(22)17-10-6-12-25-17/h1-6,8-10,12-14,18,22H,7,11,15-17,19-20H2;2-4,6,8-10,12,15H,5,7,11,13-14H2,1H3. The molecular weight excluding hydrogens is 681 g/mol. The first-order valence-electron chi connectivity index (χ1n) is 18.9. The van der Waals surface area contributed by atoms with E-state index in [0.717, 1.165) is 56.7 Å². The zero-order valence-corrected chi connectivity index (χ0v) is 31.0. The van der Waals surface area contributed by atoms with Crippen molar-refractivity contribution in [1.29, 1.82) is 0 Å². The van der Waals surface area contributed by atoms with E-state index >= 15 is 0 Å². The Labute approximate surface area is 317 Å². The molecular formula is C44H50N4O6. The summed E-state index contributed by atoms with van der Waals surface area (Å²) in [5, 5.41) is 0. The summed E-state index contributed by atoms with van der Waals surface area (Å²) in [7, 11) is 1.39. The zero-order chi connectivity index (χ0) is 37.5. The van der Waals surface area contributed by atoms with Gasteiger partial charge in [0.2, 0.25) is 0 Å². The summed E-state index contributed by atoms with van der Waals surface area (Å²) in [6, 6.07) is 37.0. The van der Waals surface area contributed by atoms with Crippen molar-refractivity contribution in [3.8, 4) is 0 Å². The number of likely N-dealkylation sites (tertiary alicyclic amines) is 2. The van der Waals surface area contributed by atoms with Gasteiger partial charge in [-0.05, 0) is 105 Å². The molecule has 2 fully saturated rings. The molecule has 10 nitrogen and oxygen atoms in total. The molecule has 7 rings (SSSR count). The van der Waals surface area contributed by atoms with Crippen LogP contribution in [-0.4, -0.2) is 80.6 Å². The number of benzene rings is 3. The summed E-state index contributed by atoms with van der Waals surface area (Å²) < 4.78 is 15.5. The van der Waals surface area contributed by atoms with Crippen LogP contribution in [0.4, 0.5) is 16.2 Å². The normalized spacial score (nSPS) is 17.2. The number of hydrogen-bond acceptors (Lipinski definition) is 7. The molecule has 0 aliphatic carbocycles. The lowest BCUT2D eigenvalue weighted by molar-refractivity contribution is 0.0925. The molecule has 0 radical (unpaired) electrons. The fourth-order valence-electron chi connectivity index (χ4n) is 7.35. The molecule has 2 unspecified atom stereocenters. The van der Waals surface area contributed by atoms with Crippen LogP contribution in [0.15, 0.2) is 137 Å². The summed E-state index contributed by atoms with van der Waals surface area (Å²) in [6.07, 6.45) is 8.00. The molecule has 282 valence electrons. The fraction of sp³-hybridized carbons (Fsp3) is 0.341. The van der Waals surface area contributed by atoms with Gasteiger partial charge >= 0.3 is 6.09 Å². The highest BCUT2D eigenvalue weighted by atomic mass is 16.5. The van der Waals surface area contributed by atoms with E-state index in [1.54, 1.807) is 40.3 Å². The molecule has 2 aromatic heterocycles. The molecule has 5 aromatic rings. The van der Waals surface area contributed by atoms with E-state index in [-0.39, 0.29) is 23.8 Å². The lowest BCUT2D eigenvalue weighted by Gasteiger charge is -2.35. The van der Waals surface area contributed by atoms with Gasteiger partial charge in [-0.2, -0.15) is 0 Å². The van der Waals surface area contributed by atoms with Gasteiger partial charge in [-0.15, -0.1) is 0 Å². The zero-order valence-electron chi connectivity index (χ0n) is 31.0. The predicted octanol–water partition coefficient (Wildman–Crippen LogP) is 8.29. The van der Waals surface area contributed by atoms with Crippen LogP contribution < -0.4 is 9.80 Å². The monoisotopic (exact) mass is 730 g/mol. The maximum absolute atomic E-state index is 13.1. The SMILES string of the molecule is COC(=O)N1CCCC(CN(C(=O)c2ccco2)c2ccccc2)C1.O=C(c1ccco1)N(CC1CCCN(CCc2ccccc2)C1)c1ccccc1. The summed E-state index contributed by atoms with van der Waals surface area (Å²) in [5.74, 6) is 1.11. The van der Waals surface area contributed by atoms with Gasteiger partial charge in [0.15, 0.2) is 11.5 Å². The number of furan rings is 2. The smallest absolute Gasteiger partial charge is 0.409 e. The van der Waals surface area contributed by atoms with Crippen LogP contribution in [0, 0.1) is 11.8 Å². The highest BCUT2D eigenvalue weighted by Crippen LogP contribution is 2.25. The van der Waals surface area contributed by atoms with E-state index < -0.39 is 0 Å². The van der Waals surface area contributed by atoms with Gasteiger partial charge in [-0.1, -0.05) is 66.7 Å². The molecule has 2 aliphatic heterocycles. The van der Waals surface area contributed by atoms with Gasteiger partial charge in [0.25, 0.3) is 11.8 Å². The second-order valence-corrected chi connectivity index (χ2v) is 13.9. The van der Waals surface area contributed by atoms with Crippen molar-refractivity contribution < 1.29 is 28.0 Å². The van der Waals surface area contributed by atoms with Crippen LogP contribution in [0.25, 0.3) is 0 Å². The molecule has 3 aromatic carbocycles. The molecule has 10 heteroatoms. The van der Waals surface area contributed by atoms with Crippen LogP contribution in [-0.2, 0) is 11.2 Å². The van der Waals surface area contributed by atoms with Crippen LogP contribution in [0.2, 0.25) is 0 Å². The van der Waals surface area contributed by atoms with Gasteiger partial charge < -0.3 is 33.2 Å². The number of rotatable bonds is 11. The minimum atomic E-state index is -0.312. The number of carbonyl (C=O) groups is 3. The Hall–Kier alpha value is -5.61. The maximum Gasteiger partial charge on any atom is 0.409 e. The highest BCUT2D eigenvalue weighted by molar-refractivity contribution is 6.04. The van der Waals surface area contributed by atoms with E-state index in [1.165, 1.54) is 25.4 Å². The van der Waals surface area contributed by atoms with Gasteiger partial charge in [-0.25, -0.2) is 4.79 Å². The number of carbonyl (C=O) groups excluding carboxylic acids is 3. The summed E-state index contributed by atoms with van der Waals surface area (Å²) in [5.41, 5.74) is 3.13. The van der Waals surface area contributed by atoms with Crippen molar-refractivity contribution in [2.24, 2.45) is 11.8 Å². The molecule has 2 atom stereocenters. The van der Waals surface area contributed by atoms with Crippen molar-refractivity contribution in [2.75, 3.05) is 62.7 Å². The van der Waals surface area contributed by atoms with Crippen molar-refractivity contribution in [3.63, 3.8) is 0 Å². The lowest BCUT2D eigenvalue weighted by Crippen LogP contribution is -2.45. The van der Waals surface area contributed by atoms with Crippen LogP contribution in [0.5, 0.6) is 0 Å². The van der Waals surface area contributed by atoms with Crippen molar-refractivity contribution in [2.45, 2.75) is 32.1 Å². The van der Waals surface area contributed by atoms with E-state index in [4.69, 9.17) is 13.6 Å². The quantitative estimate of drug-likeness (QED) is 0.135. The Morgan fingerprint density at radius 1 is 0.648 bits per heavy atom. The first-order valence-corrected chi connectivity index (χ1v) is 18.9. The Balaban J connectivity index is 0.000000186. The summed E-state index contributed by atoms with van der Waals surface area (Å²) in [4.78, 5) is 45.6. The minimum Gasteiger partial charge on any atom is -0.459 e. The van der Waals surface area contributed by atoms with E-state index in [9.17, 15) is 14.4 Å². The first kappa shape index (κ1) is 38.1. The molecule has 0 saturated carbocycles. The summed E-state index contributed by atoms with van der Waals surface area (Å²) in [6.45, 7) is 5.75. The molecule has 0 spiro atoms. The second kappa shape index (κ2) is 19.5. The van der Waals surface area contributed by atoms with Gasteiger partial charge in [0, 0.05) is 50.6 Å². The Morgan fingerprint density at radius 2 is 1.15 bits per heavy atom. The molecule has 4 heterocycles. The summed E-state index contributed by atoms with van der Waals surface area (Å²) >= 11 is 0. The first-order chi connectivity index (χ1) is 26.5. The van der Waals surface area contributed by atoms with Crippen molar-refractivity contribution in [3.05, 3.63) is 145 Å². The largest absolute Gasteiger partial charge is 0.459 e. The number of nitrogens with zero attached hydrogens (tertiary/aromatic N) is 4. The van der Waals surface area contributed by atoms with Gasteiger partial charge in [-0.3, -0.25) is 9.59 Å². The number of amides is 3. The Morgan fingerprint density at radius 3 is 1.65 bits per heavy atom.